The highest BCUT2D eigenvalue weighted by Crippen LogP contribution is 2.12. The summed E-state index contributed by atoms with van der Waals surface area (Å²) < 4.78 is 5.71. The Hall–Kier alpha value is -2.81. The summed E-state index contributed by atoms with van der Waals surface area (Å²) in [5.74, 6) is 1.77. The van der Waals surface area contributed by atoms with Gasteiger partial charge in [0.25, 0.3) is 0 Å². The molecule has 122 valence electrons. The van der Waals surface area contributed by atoms with Crippen molar-refractivity contribution in [2.45, 2.75) is 26.4 Å². The Kier molecular flexibility index (Phi) is 5.46. The van der Waals surface area contributed by atoms with E-state index < -0.39 is 0 Å². The molecule has 0 atom stereocenters. The quantitative estimate of drug-likeness (QED) is 0.459. The van der Waals surface area contributed by atoms with Crippen molar-refractivity contribution in [2.75, 3.05) is 0 Å². The summed E-state index contributed by atoms with van der Waals surface area (Å²) in [4.78, 5) is 0. The topological polar surface area (TPSA) is 28.7 Å². The molecule has 0 bridgehead atoms. The number of benzene rings is 2. The van der Waals surface area contributed by atoms with E-state index in [2.05, 4.69) is 65.6 Å². The summed E-state index contributed by atoms with van der Waals surface area (Å²) in [6.07, 6.45) is 2.69. The number of aryl methyl sites for hydroxylation is 1. The summed E-state index contributed by atoms with van der Waals surface area (Å²) in [5.41, 5.74) is 2.47. The molecule has 0 amide bonds. The van der Waals surface area contributed by atoms with E-state index in [9.17, 15) is 0 Å². The van der Waals surface area contributed by atoms with Crippen LogP contribution in [0, 0.1) is 0 Å². The molecule has 0 fully saturated rings. The van der Waals surface area contributed by atoms with Gasteiger partial charge in [0.1, 0.15) is 11.5 Å². The van der Waals surface area contributed by atoms with E-state index in [1.807, 2.05) is 24.3 Å². The number of furan rings is 1. The lowest BCUT2D eigenvalue weighted by Crippen LogP contribution is -2.16. The molecule has 2 aromatic carbocycles. The van der Waals surface area contributed by atoms with Crippen molar-refractivity contribution < 1.29 is 4.42 Å². The van der Waals surface area contributed by atoms with Gasteiger partial charge in [0.15, 0.2) is 0 Å². The minimum Gasteiger partial charge on any atom is -0.460 e. The fourth-order valence-corrected chi connectivity index (χ4v) is 2.52. The van der Waals surface area contributed by atoms with Crippen LogP contribution in [-0.4, -0.2) is 11.2 Å². The summed E-state index contributed by atoms with van der Waals surface area (Å²) >= 11 is 0. The first-order valence-corrected chi connectivity index (χ1v) is 8.29. The molecule has 0 unspecified atom stereocenters. The molecule has 0 aliphatic rings. The third kappa shape index (κ3) is 4.59. The third-order valence-electron chi connectivity index (χ3n) is 3.79. The van der Waals surface area contributed by atoms with Gasteiger partial charge in [-0.1, -0.05) is 67.6 Å². The summed E-state index contributed by atoms with van der Waals surface area (Å²) in [7, 11) is 0. The normalized spacial score (nSPS) is 11.0. The Balaban J connectivity index is 1.75. The zero-order valence-corrected chi connectivity index (χ0v) is 13.9. The maximum Gasteiger partial charge on any atom is 0.147 e. The van der Waals surface area contributed by atoms with E-state index in [1.165, 1.54) is 11.1 Å². The fourth-order valence-electron chi connectivity index (χ4n) is 2.52. The average molecular weight is 318 g/mol. The van der Waals surface area contributed by atoms with Crippen LogP contribution in [-0.2, 0) is 19.5 Å². The minimum absolute atomic E-state index is 0.758. The van der Waals surface area contributed by atoms with Gasteiger partial charge in [-0.15, -0.1) is 0 Å². The summed E-state index contributed by atoms with van der Waals surface area (Å²) in [6.45, 7) is 3.60. The van der Waals surface area contributed by atoms with Crippen molar-refractivity contribution >= 4 is 6.21 Å². The van der Waals surface area contributed by atoms with Crippen molar-refractivity contribution in [1.82, 2.24) is 5.01 Å². The lowest BCUT2D eigenvalue weighted by molar-refractivity contribution is 0.272. The highest BCUT2D eigenvalue weighted by Gasteiger charge is 2.05. The number of hydrazone groups is 1. The van der Waals surface area contributed by atoms with Crippen LogP contribution < -0.4 is 0 Å². The zero-order chi connectivity index (χ0) is 16.6. The highest BCUT2D eigenvalue weighted by atomic mass is 16.3. The van der Waals surface area contributed by atoms with Crippen LogP contribution in [0.4, 0.5) is 0 Å². The molecule has 3 nitrogen and oxygen atoms in total. The van der Waals surface area contributed by atoms with Crippen LogP contribution in [0.1, 0.15) is 29.6 Å². The van der Waals surface area contributed by atoms with Crippen molar-refractivity contribution in [3.8, 4) is 0 Å². The van der Waals surface area contributed by atoms with Crippen LogP contribution >= 0.6 is 0 Å². The van der Waals surface area contributed by atoms with Gasteiger partial charge in [-0.3, -0.25) is 5.01 Å². The van der Waals surface area contributed by atoms with Crippen molar-refractivity contribution in [3.05, 3.63) is 95.4 Å². The van der Waals surface area contributed by atoms with Crippen molar-refractivity contribution in [2.24, 2.45) is 5.10 Å². The highest BCUT2D eigenvalue weighted by molar-refractivity contribution is 5.75. The molecule has 24 heavy (non-hydrogen) atoms. The molecule has 0 saturated heterocycles. The average Bonchev–Trinajstić information content (AvgIpc) is 3.10. The zero-order valence-electron chi connectivity index (χ0n) is 13.9. The van der Waals surface area contributed by atoms with Crippen LogP contribution in [0.5, 0.6) is 0 Å². The summed E-state index contributed by atoms with van der Waals surface area (Å²) in [5, 5.41) is 6.70. The molecule has 0 aliphatic carbocycles. The second-order valence-corrected chi connectivity index (χ2v) is 5.70. The molecule has 0 radical (unpaired) electrons. The van der Waals surface area contributed by atoms with Crippen LogP contribution in [0.15, 0.2) is 82.3 Å². The smallest absolute Gasteiger partial charge is 0.147 e. The maximum absolute atomic E-state index is 5.71. The Morgan fingerprint density at radius 2 is 1.42 bits per heavy atom. The predicted octanol–water partition coefficient (Wildman–Crippen LogP) is 4.88. The van der Waals surface area contributed by atoms with Crippen LogP contribution in [0.2, 0.25) is 0 Å². The van der Waals surface area contributed by atoms with E-state index in [-0.39, 0.29) is 0 Å². The number of hydrogen-bond donors (Lipinski definition) is 0. The van der Waals surface area contributed by atoms with E-state index in [0.717, 1.165) is 31.0 Å². The second-order valence-electron chi connectivity index (χ2n) is 5.70. The lowest BCUT2D eigenvalue weighted by Gasteiger charge is -2.19. The molecule has 0 aliphatic heterocycles. The van der Waals surface area contributed by atoms with Gasteiger partial charge in [0.05, 0.1) is 19.3 Å². The first-order valence-electron chi connectivity index (χ1n) is 8.29. The first-order chi connectivity index (χ1) is 11.8. The summed E-state index contributed by atoms with van der Waals surface area (Å²) in [6, 6.07) is 24.7. The second kappa shape index (κ2) is 8.16. The van der Waals surface area contributed by atoms with Crippen molar-refractivity contribution in [1.29, 1.82) is 0 Å². The van der Waals surface area contributed by atoms with E-state index >= 15 is 0 Å². The third-order valence-corrected chi connectivity index (χ3v) is 3.79. The molecule has 0 spiro atoms. The molecule has 0 N–H and O–H groups in total. The molecule has 3 aromatic rings. The van der Waals surface area contributed by atoms with Gasteiger partial charge in [-0.2, -0.15) is 5.10 Å². The molecule has 3 rings (SSSR count). The SMILES string of the molecule is CCc1ccc(/C=N\N(Cc2ccccc2)Cc2ccccc2)o1. The minimum atomic E-state index is 0.758. The van der Waals surface area contributed by atoms with Gasteiger partial charge >= 0.3 is 0 Å². The van der Waals surface area contributed by atoms with Gasteiger partial charge < -0.3 is 4.42 Å². The van der Waals surface area contributed by atoms with E-state index in [0.29, 0.717) is 0 Å². The van der Waals surface area contributed by atoms with E-state index in [4.69, 9.17) is 4.42 Å². The van der Waals surface area contributed by atoms with Crippen LogP contribution in [0.25, 0.3) is 0 Å². The van der Waals surface area contributed by atoms with Crippen LogP contribution in [0.3, 0.4) is 0 Å². The monoisotopic (exact) mass is 318 g/mol. The standard InChI is InChI=1S/C21H22N2O/c1-2-20-13-14-21(24-20)15-22-23(16-18-9-5-3-6-10-18)17-19-11-7-4-8-12-19/h3-15H,2,16-17H2,1H3/b22-15-. The Morgan fingerprint density at radius 3 is 1.92 bits per heavy atom. The maximum atomic E-state index is 5.71. The van der Waals surface area contributed by atoms with Crippen molar-refractivity contribution in [3.63, 3.8) is 0 Å². The predicted molar refractivity (Wildman–Crippen MR) is 97.8 cm³/mol. The Morgan fingerprint density at radius 1 is 0.833 bits per heavy atom. The Bertz CT molecular complexity index is 721. The van der Waals surface area contributed by atoms with Gasteiger partial charge in [0, 0.05) is 6.42 Å². The Labute approximate surface area is 143 Å². The molecule has 3 heteroatoms. The van der Waals surface area contributed by atoms with Gasteiger partial charge in [-0.05, 0) is 23.3 Å². The first kappa shape index (κ1) is 16.1. The number of nitrogens with zero attached hydrogens (tertiary/aromatic N) is 2. The number of hydrogen-bond acceptors (Lipinski definition) is 3. The molecule has 1 aromatic heterocycles. The largest absolute Gasteiger partial charge is 0.460 e. The van der Waals surface area contributed by atoms with Gasteiger partial charge in [-0.25, -0.2) is 0 Å². The van der Waals surface area contributed by atoms with E-state index in [1.54, 1.807) is 6.21 Å². The fraction of sp³-hybridized carbons (Fsp3) is 0.190. The van der Waals surface area contributed by atoms with Gasteiger partial charge in [0.2, 0.25) is 0 Å². The molecular formula is C21H22N2O. The number of rotatable bonds is 7. The lowest BCUT2D eigenvalue weighted by atomic mass is 10.2. The molecular weight excluding hydrogens is 296 g/mol. The molecule has 0 saturated carbocycles. The molecule has 1 heterocycles.